The first-order valence-corrected chi connectivity index (χ1v) is 9.26. The molecule has 8 heteroatoms. The lowest BCUT2D eigenvalue weighted by atomic mass is 10.2. The predicted octanol–water partition coefficient (Wildman–Crippen LogP) is 4.34. The average Bonchev–Trinajstić information content (AvgIpc) is 2.76. The average molecular weight is 418 g/mol. The van der Waals surface area contributed by atoms with Gasteiger partial charge in [-0.2, -0.15) is 0 Å². The summed E-state index contributed by atoms with van der Waals surface area (Å²) in [5.74, 6) is 0.0995. The number of carbonyl (C=O) groups is 1. The fraction of sp³-hybridized carbons (Fsp3) is 0.545. The number of furan rings is 1. The van der Waals surface area contributed by atoms with E-state index in [0.29, 0.717) is 11.3 Å². The van der Waals surface area contributed by atoms with Crippen LogP contribution in [0.1, 0.15) is 30.0 Å². The summed E-state index contributed by atoms with van der Waals surface area (Å²) in [5.41, 5.74) is 0.360. The van der Waals surface area contributed by atoms with E-state index in [1.54, 1.807) is 13.8 Å². The van der Waals surface area contributed by atoms with Gasteiger partial charge in [0.1, 0.15) is 15.7 Å². The maximum Gasteiger partial charge on any atom is 0.338 e. The molecule has 0 amide bonds. The highest BCUT2D eigenvalue weighted by atomic mass is 79.9. The van der Waals surface area contributed by atoms with Crippen molar-refractivity contribution in [3.05, 3.63) is 23.7 Å². The highest BCUT2D eigenvalue weighted by Gasteiger charge is 2.29. The number of rotatable bonds is 8. The Bertz CT molecular complexity index is 461. The Balaban J connectivity index is 2.95. The summed E-state index contributed by atoms with van der Waals surface area (Å²) in [6, 6.07) is 1.54. The molecule has 108 valence electrons. The molecule has 0 aliphatic heterocycles. The van der Waals surface area contributed by atoms with Crippen LogP contribution in [0.4, 0.5) is 0 Å². The van der Waals surface area contributed by atoms with E-state index in [2.05, 4.69) is 31.9 Å². The van der Waals surface area contributed by atoms with E-state index in [1.807, 2.05) is 0 Å². The number of halogens is 2. The van der Waals surface area contributed by atoms with Gasteiger partial charge in [-0.25, -0.2) is 0 Å². The van der Waals surface area contributed by atoms with E-state index in [0.717, 1.165) is 0 Å². The predicted molar refractivity (Wildman–Crippen MR) is 79.2 cm³/mol. The number of ketones is 1. The second-order valence-corrected chi connectivity index (χ2v) is 8.64. The fourth-order valence-corrected chi connectivity index (χ4v) is 3.63. The van der Waals surface area contributed by atoms with Gasteiger partial charge in [0.2, 0.25) is 0 Å². The summed E-state index contributed by atoms with van der Waals surface area (Å²) in [5, 5.41) is 0. The molecule has 0 N–H and O–H groups in total. The third kappa shape index (κ3) is 4.83. The largest absolute Gasteiger partial charge is 0.468 e. The van der Waals surface area contributed by atoms with E-state index in [4.69, 9.17) is 13.5 Å². The molecule has 0 bridgehead atoms. The minimum absolute atomic E-state index is 0.0600. The first-order chi connectivity index (χ1) is 8.93. The lowest BCUT2D eigenvalue weighted by molar-refractivity contribution is 0.101. The summed E-state index contributed by atoms with van der Waals surface area (Å²) < 4.78 is 27.5. The first kappa shape index (κ1) is 17.1. The summed E-state index contributed by atoms with van der Waals surface area (Å²) in [6.45, 7) is 3.99. The van der Waals surface area contributed by atoms with Crippen LogP contribution in [-0.4, -0.2) is 22.7 Å². The molecule has 0 spiro atoms. The molecule has 0 saturated heterocycles. The fourth-order valence-electron chi connectivity index (χ4n) is 1.50. The van der Waals surface area contributed by atoms with Crippen LogP contribution < -0.4 is 0 Å². The van der Waals surface area contributed by atoms with Crippen molar-refractivity contribution >= 4 is 45.2 Å². The van der Waals surface area contributed by atoms with E-state index >= 15 is 0 Å². The molecule has 1 aromatic rings. The monoisotopic (exact) mass is 416 g/mol. The van der Waals surface area contributed by atoms with Crippen molar-refractivity contribution in [2.45, 2.75) is 23.7 Å². The molecule has 1 rings (SSSR count). The number of alkyl halides is 2. The quantitative estimate of drug-likeness (QED) is 0.357. The van der Waals surface area contributed by atoms with Gasteiger partial charge >= 0.3 is 7.60 Å². The SMILES string of the molecule is CCOP(=O)(Cc1occc1C(=O)C(Br)Br)OCC. The molecule has 0 aromatic carbocycles. The molecule has 0 radical (unpaired) electrons. The van der Waals surface area contributed by atoms with E-state index in [-0.39, 0.29) is 25.2 Å². The second-order valence-electron chi connectivity index (χ2n) is 3.53. The van der Waals surface area contributed by atoms with Crippen molar-refractivity contribution < 1.29 is 22.8 Å². The third-order valence-electron chi connectivity index (χ3n) is 2.20. The number of carbonyl (C=O) groups excluding carboxylic acids is 1. The number of hydrogen-bond donors (Lipinski definition) is 0. The molecule has 19 heavy (non-hydrogen) atoms. The minimum atomic E-state index is -3.28. The highest BCUT2D eigenvalue weighted by Crippen LogP contribution is 2.51. The van der Waals surface area contributed by atoms with Crippen LogP contribution in [-0.2, 0) is 19.8 Å². The minimum Gasteiger partial charge on any atom is -0.468 e. The number of hydrogen-bond acceptors (Lipinski definition) is 5. The first-order valence-electron chi connectivity index (χ1n) is 5.70. The molecule has 0 atom stereocenters. The van der Waals surface area contributed by atoms with Crippen molar-refractivity contribution in [1.82, 2.24) is 0 Å². The zero-order chi connectivity index (χ0) is 14.5. The third-order valence-corrected chi connectivity index (χ3v) is 5.01. The highest BCUT2D eigenvalue weighted by molar-refractivity contribution is 9.25. The van der Waals surface area contributed by atoms with Gasteiger partial charge in [0.15, 0.2) is 5.78 Å². The van der Waals surface area contributed by atoms with Crippen molar-refractivity contribution in [3.8, 4) is 0 Å². The molecule has 5 nitrogen and oxygen atoms in total. The Morgan fingerprint density at radius 3 is 2.42 bits per heavy atom. The molecule has 1 aromatic heterocycles. The van der Waals surface area contributed by atoms with Gasteiger partial charge in [-0.05, 0) is 19.9 Å². The lowest BCUT2D eigenvalue weighted by Gasteiger charge is -2.16. The Kier molecular flexibility index (Phi) is 6.97. The molecule has 0 saturated carbocycles. The maximum absolute atomic E-state index is 12.4. The molecule has 0 aliphatic rings. The van der Waals surface area contributed by atoms with Crippen molar-refractivity contribution in [2.75, 3.05) is 13.2 Å². The number of Topliss-reactive ketones (excluding diaryl/α,β-unsaturated/α-hetero) is 1. The molecule has 1 heterocycles. The van der Waals surface area contributed by atoms with E-state index in [1.165, 1.54) is 12.3 Å². The zero-order valence-electron chi connectivity index (χ0n) is 10.6. The van der Waals surface area contributed by atoms with Crippen LogP contribution >= 0.6 is 39.5 Å². The Hall–Kier alpha value is 0.0600. The van der Waals surface area contributed by atoms with Crippen LogP contribution in [0, 0.1) is 0 Å². The van der Waals surface area contributed by atoms with Gasteiger partial charge in [-0.1, -0.05) is 31.9 Å². The van der Waals surface area contributed by atoms with E-state index in [9.17, 15) is 9.36 Å². The van der Waals surface area contributed by atoms with Crippen molar-refractivity contribution in [1.29, 1.82) is 0 Å². The smallest absolute Gasteiger partial charge is 0.338 e. The molecule has 0 aliphatic carbocycles. The van der Waals surface area contributed by atoms with Gasteiger partial charge < -0.3 is 13.5 Å². The molecule has 0 unspecified atom stereocenters. The normalized spacial score (nSPS) is 12.1. The van der Waals surface area contributed by atoms with Crippen LogP contribution in [0.2, 0.25) is 0 Å². The van der Waals surface area contributed by atoms with Crippen LogP contribution in [0.15, 0.2) is 16.7 Å². The summed E-state index contributed by atoms with van der Waals surface area (Å²) in [6.07, 6.45) is 1.32. The molecular formula is C11H15Br2O5P. The lowest BCUT2D eigenvalue weighted by Crippen LogP contribution is -2.09. The Morgan fingerprint density at radius 2 is 1.95 bits per heavy atom. The summed E-state index contributed by atoms with van der Waals surface area (Å²) in [4.78, 5) is 11.9. The summed E-state index contributed by atoms with van der Waals surface area (Å²) in [7, 11) is -3.28. The molecule has 0 fully saturated rings. The van der Waals surface area contributed by atoms with Gasteiger partial charge in [-0.15, -0.1) is 0 Å². The second kappa shape index (κ2) is 7.74. The van der Waals surface area contributed by atoms with Crippen molar-refractivity contribution in [2.24, 2.45) is 0 Å². The van der Waals surface area contributed by atoms with Crippen LogP contribution in [0.25, 0.3) is 0 Å². The van der Waals surface area contributed by atoms with Gasteiger partial charge in [0.25, 0.3) is 0 Å². The van der Waals surface area contributed by atoms with Crippen LogP contribution in [0.3, 0.4) is 0 Å². The maximum atomic E-state index is 12.4. The summed E-state index contributed by atoms with van der Waals surface area (Å²) >= 11 is 6.26. The van der Waals surface area contributed by atoms with Crippen molar-refractivity contribution in [3.63, 3.8) is 0 Å². The van der Waals surface area contributed by atoms with Gasteiger partial charge in [0, 0.05) is 0 Å². The topological polar surface area (TPSA) is 65.7 Å². The van der Waals surface area contributed by atoms with Gasteiger partial charge in [0.05, 0.1) is 25.0 Å². The Labute approximate surface area is 128 Å². The Morgan fingerprint density at radius 1 is 1.37 bits per heavy atom. The zero-order valence-corrected chi connectivity index (χ0v) is 14.7. The van der Waals surface area contributed by atoms with Crippen LogP contribution in [0.5, 0.6) is 0 Å². The van der Waals surface area contributed by atoms with E-state index < -0.39 is 11.3 Å². The molecular weight excluding hydrogens is 403 g/mol. The van der Waals surface area contributed by atoms with Gasteiger partial charge in [-0.3, -0.25) is 9.36 Å². The standard InChI is InChI=1S/C11H15Br2O5P/c1-3-17-19(15,18-4-2)7-9-8(5-6-16-9)10(14)11(12)13/h5-6,11H,3-4,7H2,1-2H3.